The highest BCUT2D eigenvalue weighted by molar-refractivity contribution is 5.67. The zero-order valence-corrected chi connectivity index (χ0v) is 8.75. The molecular formula is C10H19NO2. The smallest absolute Gasteiger partial charge is 0.410 e. The van der Waals surface area contributed by atoms with Gasteiger partial charge in [0.2, 0.25) is 0 Å². The third-order valence-corrected chi connectivity index (χ3v) is 2.38. The van der Waals surface area contributed by atoms with E-state index in [1.54, 1.807) is 4.90 Å². The lowest BCUT2D eigenvalue weighted by Gasteiger charge is -2.30. The Morgan fingerprint density at radius 2 is 1.92 bits per heavy atom. The maximum absolute atomic E-state index is 11.4. The van der Waals surface area contributed by atoms with Gasteiger partial charge in [-0.15, -0.1) is 0 Å². The molecule has 0 aromatic carbocycles. The van der Waals surface area contributed by atoms with Crippen LogP contribution >= 0.6 is 0 Å². The summed E-state index contributed by atoms with van der Waals surface area (Å²) in [5.74, 6) is 0.753. The maximum atomic E-state index is 11.4. The summed E-state index contributed by atoms with van der Waals surface area (Å²) in [7, 11) is 0. The fraction of sp³-hybridized carbons (Fsp3) is 0.900. The molecule has 1 rings (SSSR count). The number of carbonyl (C=O) groups is 1. The Morgan fingerprint density at radius 1 is 1.38 bits per heavy atom. The van der Waals surface area contributed by atoms with Crippen LogP contribution in [0.1, 0.15) is 33.6 Å². The van der Waals surface area contributed by atoms with Crippen LogP contribution < -0.4 is 0 Å². The molecule has 0 aromatic rings. The second-order valence-corrected chi connectivity index (χ2v) is 4.10. The van der Waals surface area contributed by atoms with Crippen LogP contribution in [0.3, 0.4) is 0 Å². The van der Waals surface area contributed by atoms with Crippen LogP contribution in [-0.4, -0.2) is 30.2 Å². The van der Waals surface area contributed by atoms with E-state index in [4.69, 9.17) is 4.74 Å². The van der Waals surface area contributed by atoms with Crippen molar-refractivity contribution in [3.8, 4) is 0 Å². The molecule has 3 heteroatoms. The molecule has 0 unspecified atom stereocenters. The van der Waals surface area contributed by atoms with Crippen molar-refractivity contribution in [3.05, 3.63) is 0 Å². The Morgan fingerprint density at radius 3 is 2.38 bits per heavy atom. The fourth-order valence-corrected chi connectivity index (χ4v) is 1.47. The second kappa shape index (κ2) is 4.49. The molecule has 0 spiro atoms. The largest absolute Gasteiger partial charge is 0.447 e. The van der Waals surface area contributed by atoms with Gasteiger partial charge in [0, 0.05) is 13.1 Å². The summed E-state index contributed by atoms with van der Waals surface area (Å²) in [6.07, 6.45) is 2.05. The van der Waals surface area contributed by atoms with E-state index < -0.39 is 0 Å². The minimum absolute atomic E-state index is 0.00755. The van der Waals surface area contributed by atoms with E-state index in [-0.39, 0.29) is 12.2 Å². The lowest BCUT2D eigenvalue weighted by atomic mass is 10.00. The summed E-state index contributed by atoms with van der Waals surface area (Å²) in [5, 5.41) is 0. The van der Waals surface area contributed by atoms with E-state index in [1.807, 2.05) is 13.8 Å². The normalized spacial score (nSPS) is 19.2. The third-order valence-electron chi connectivity index (χ3n) is 2.38. The molecule has 3 nitrogen and oxygen atoms in total. The summed E-state index contributed by atoms with van der Waals surface area (Å²) in [6.45, 7) is 7.69. The predicted octanol–water partition coefficient (Wildman–Crippen LogP) is 2.26. The molecule has 0 aliphatic carbocycles. The number of piperidine rings is 1. The van der Waals surface area contributed by atoms with Gasteiger partial charge in [0.15, 0.2) is 0 Å². The summed E-state index contributed by atoms with van der Waals surface area (Å²) >= 11 is 0. The molecule has 13 heavy (non-hydrogen) atoms. The van der Waals surface area contributed by atoms with Gasteiger partial charge in [-0.05, 0) is 32.6 Å². The highest BCUT2D eigenvalue weighted by Gasteiger charge is 2.21. The zero-order valence-electron chi connectivity index (χ0n) is 8.75. The zero-order chi connectivity index (χ0) is 9.84. The SMILES string of the molecule is CC1CCN(C(=O)OC(C)C)CC1. The van der Waals surface area contributed by atoms with E-state index in [2.05, 4.69) is 6.92 Å². The maximum Gasteiger partial charge on any atom is 0.410 e. The molecule has 1 heterocycles. The first-order valence-corrected chi connectivity index (χ1v) is 5.05. The van der Waals surface area contributed by atoms with E-state index in [0.29, 0.717) is 0 Å². The van der Waals surface area contributed by atoms with E-state index in [9.17, 15) is 4.79 Å². The van der Waals surface area contributed by atoms with Gasteiger partial charge in [-0.1, -0.05) is 6.92 Å². The first kappa shape index (κ1) is 10.4. The molecule has 1 aliphatic rings. The molecule has 0 bridgehead atoms. The lowest BCUT2D eigenvalue weighted by molar-refractivity contribution is 0.0665. The molecule has 0 aromatic heterocycles. The van der Waals surface area contributed by atoms with Crippen LogP contribution in [0.5, 0.6) is 0 Å². The lowest BCUT2D eigenvalue weighted by Crippen LogP contribution is -2.39. The number of rotatable bonds is 1. The number of ether oxygens (including phenoxy) is 1. The van der Waals surface area contributed by atoms with Crippen LogP contribution in [0.2, 0.25) is 0 Å². The molecule has 1 aliphatic heterocycles. The predicted molar refractivity (Wildman–Crippen MR) is 51.6 cm³/mol. The average Bonchev–Trinajstić information content (AvgIpc) is 2.04. The number of hydrogen-bond acceptors (Lipinski definition) is 2. The topological polar surface area (TPSA) is 29.5 Å². The van der Waals surface area contributed by atoms with Gasteiger partial charge in [0.25, 0.3) is 0 Å². The molecule has 1 fully saturated rings. The van der Waals surface area contributed by atoms with Crippen molar-refractivity contribution in [2.45, 2.75) is 39.7 Å². The summed E-state index contributed by atoms with van der Waals surface area (Å²) < 4.78 is 5.11. The molecule has 1 amide bonds. The highest BCUT2D eigenvalue weighted by atomic mass is 16.6. The van der Waals surface area contributed by atoms with Crippen LogP contribution in [-0.2, 0) is 4.74 Å². The van der Waals surface area contributed by atoms with Crippen molar-refractivity contribution in [1.82, 2.24) is 4.90 Å². The van der Waals surface area contributed by atoms with E-state index in [0.717, 1.165) is 31.8 Å². The summed E-state index contributed by atoms with van der Waals surface area (Å²) in [5.41, 5.74) is 0. The molecule has 0 radical (unpaired) electrons. The number of hydrogen-bond donors (Lipinski definition) is 0. The van der Waals surface area contributed by atoms with Crippen molar-refractivity contribution in [2.75, 3.05) is 13.1 Å². The number of nitrogens with zero attached hydrogens (tertiary/aromatic N) is 1. The number of amides is 1. The molecular weight excluding hydrogens is 166 g/mol. The van der Waals surface area contributed by atoms with Gasteiger partial charge in [-0.2, -0.15) is 0 Å². The average molecular weight is 185 g/mol. The van der Waals surface area contributed by atoms with Gasteiger partial charge >= 0.3 is 6.09 Å². The Bertz CT molecular complexity index is 172. The van der Waals surface area contributed by atoms with Crippen LogP contribution in [0, 0.1) is 5.92 Å². The molecule has 0 saturated carbocycles. The van der Waals surface area contributed by atoms with E-state index in [1.165, 1.54) is 0 Å². The Kier molecular flexibility index (Phi) is 3.58. The van der Waals surface area contributed by atoms with Crippen molar-refractivity contribution < 1.29 is 9.53 Å². The minimum atomic E-state index is -0.151. The Labute approximate surface area is 80.1 Å². The van der Waals surface area contributed by atoms with Gasteiger partial charge in [0.05, 0.1) is 6.10 Å². The minimum Gasteiger partial charge on any atom is -0.447 e. The first-order valence-electron chi connectivity index (χ1n) is 5.05. The molecule has 76 valence electrons. The van der Waals surface area contributed by atoms with Gasteiger partial charge in [-0.3, -0.25) is 0 Å². The molecule has 0 atom stereocenters. The monoisotopic (exact) mass is 185 g/mol. The van der Waals surface area contributed by atoms with Gasteiger partial charge in [0.1, 0.15) is 0 Å². The highest BCUT2D eigenvalue weighted by Crippen LogP contribution is 2.16. The van der Waals surface area contributed by atoms with Crippen LogP contribution in [0.25, 0.3) is 0 Å². The quantitative estimate of drug-likeness (QED) is 0.627. The van der Waals surface area contributed by atoms with Gasteiger partial charge in [-0.25, -0.2) is 4.79 Å². The van der Waals surface area contributed by atoms with Crippen molar-refractivity contribution in [2.24, 2.45) is 5.92 Å². The van der Waals surface area contributed by atoms with Crippen molar-refractivity contribution in [3.63, 3.8) is 0 Å². The third kappa shape index (κ3) is 3.25. The summed E-state index contributed by atoms with van der Waals surface area (Å²) in [6, 6.07) is 0. The Balaban J connectivity index is 2.31. The first-order chi connectivity index (χ1) is 6.09. The van der Waals surface area contributed by atoms with Crippen LogP contribution in [0.4, 0.5) is 4.79 Å². The van der Waals surface area contributed by atoms with Crippen molar-refractivity contribution in [1.29, 1.82) is 0 Å². The van der Waals surface area contributed by atoms with Crippen LogP contribution in [0.15, 0.2) is 0 Å². The second-order valence-electron chi connectivity index (χ2n) is 4.10. The van der Waals surface area contributed by atoms with Crippen molar-refractivity contribution >= 4 is 6.09 Å². The van der Waals surface area contributed by atoms with E-state index >= 15 is 0 Å². The molecule has 1 saturated heterocycles. The standard InChI is InChI=1S/C10H19NO2/c1-8(2)13-10(12)11-6-4-9(3)5-7-11/h8-9H,4-7H2,1-3H3. The number of carbonyl (C=O) groups excluding carboxylic acids is 1. The van der Waals surface area contributed by atoms with Gasteiger partial charge < -0.3 is 9.64 Å². The Hall–Kier alpha value is -0.730. The fourth-order valence-electron chi connectivity index (χ4n) is 1.47. The summed E-state index contributed by atoms with van der Waals surface area (Å²) in [4.78, 5) is 13.2. The number of likely N-dealkylation sites (tertiary alicyclic amines) is 1. The molecule has 0 N–H and O–H groups in total.